The van der Waals surface area contributed by atoms with Crippen molar-refractivity contribution in [2.45, 2.75) is 36.6 Å². The Morgan fingerprint density at radius 2 is 1.95 bits per heavy atom. The maximum Gasteiger partial charge on any atom is 0.303 e. The van der Waals surface area contributed by atoms with Gasteiger partial charge in [0.1, 0.15) is 0 Å². The van der Waals surface area contributed by atoms with Gasteiger partial charge in [-0.2, -0.15) is 0 Å². The van der Waals surface area contributed by atoms with Crippen LogP contribution in [0.4, 0.5) is 0 Å². The fourth-order valence-corrected chi connectivity index (χ4v) is 3.81. The van der Waals surface area contributed by atoms with Gasteiger partial charge in [-0.3, -0.25) is 4.79 Å². The van der Waals surface area contributed by atoms with Crippen molar-refractivity contribution in [3.05, 3.63) is 30.3 Å². The highest BCUT2D eigenvalue weighted by molar-refractivity contribution is 7.89. The summed E-state index contributed by atoms with van der Waals surface area (Å²) in [5.41, 5.74) is 0. The van der Waals surface area contributed by atoms with E-state index in [0.717, 1.165) is 6.42 Å². The normalized spacial score (nSPS) is 23.4. The molecule has 1 aromatic rings. The van der Waals surface area contributed by atoms with Crippen LogP contribution in [-0.2, 0) is 14.8 Å². The first-order valence-corrected chi connectivity index (χ1v) is 7.75. The van der Waals surface area contributed by atoms with Gasteiger partial charge in [-0.1, -0.05) is 18.2 Å². The molecule has 1 aromatic carbocycles. The summed E-state index contributed by atoms with van der Waals surface area (Å²) in [6.45, 7) is 0. The maximum absolute atomic E-state index is 12.1. The van der Waals surface area contributed by atoms with E-state index in [9.17, 15) is 13.2 Å². The van der Waals surface area contributed by atoms with Gasteiger partial charge in [0.25, 0.3) is 0 Å². The minimum Gasteiger partial charge on any atom is -0.481 e. The van der Waals surface area contributed by atoms with Crippen molar-refractivity contribution in [3.8, 4) is 0 Å². The SMILES string of the molecule is O=C(O)C[C@H]1CCC(NS(=O)(=O)c2ccccc2)C1. The van der Waals surface area contributed by atoms with Crippen LogP contribution in [0.2, 0.25) is 0 Å². The fourth-order valence-electron chi connectivity index (χ4n) is 2.50. The molecule has 0 spiro atoms. The van der Waals surface area contributed by atoms with Crippen molar-refractivity contribution in [1.29, 1.82) is 0 Å². The Labute approximate surface area is 112 Å². The lowest BCUT2D eigenvalue weighted by atomic mass is 10.0. The third-order valence-electron chi connectivity index (χ3n) is 3.38. The Morgan fingerprint density at radius 1 is 1.26 bits per heavy atom. The molecule has 1 unspecified atom stereocenters. The molecule has 1 aliphatic rings. The van der Waals surface area contributed by atoms with E-state index in [4.69, 9.17) is 5.11 Å². The van der Waals surface area contributed by atoms with Crippen LogP contribution in [0.1, 0.15) is 25.7 Å². The number of sulfonamides is 1. The van der Waals surface area contributed by atoms with Crippen LogP contribution < -0.4 is 4.72 Å². The summed E-state index contributed by atoms with van der Waals surface area (Å²) in [5, 5.41) is 8.73. The second-order valence-corrected chi connectivity index (χ2v) is 6.62. The zero-order valence-electron chi connectivity index (χ0n) is 10.5. The van der Waals surface area contributed by atoms with Gasteiger partial charge in [-0.15, -0.1) is 0 Å². The molecule has 1 saturated carbocycles. The number of carboxylic acid groups (broad SMARTS) is 1. The molecule has 0 aliphatic heterocycles. The molecule has 6 heteroatoms. The Bertz CT molecular complexity index is 541. The summed E-state index contributed by atoms with van der Waals surface area (Å²) in [6, 6.07) is 8.05. The van der Waals surface area contributed by atoms with Gasteiger partial charge >= 0.3 is 5.97 Å². The predicted octanol–water partition coefficient (Wildman–Crippen LogP) is 1.61. The van der Waals surface area contributed by atoms with E-state index in [1.807, 2.05) is 0 Å². The first-order chi connectivity index (χ1) is 8.97. The van der Waals surface area contributed by atoms with Gasteiger partial charge in [-0.05, 0) is 37.3 Å². The van der Waals surface area contributed by atoms with E-state index in [-0.39, 0.29) is 23.3 Å². The topological polar surface area (TPSA) is 83.5 Å². The van der Waals surface area contributed by atoms with E-state index in [1.54, 1.807) is 30.3 Å². The highest BCUT2D eigenvalue weighted by Crippen LogP contribution is 2.29. The molecule has 1 aliphatic carbocycles. The number of rotatable bonds is 5. The Balaban J connectivity index is 1.97. The van der Waals surface area contributed by atoms with Crippen molar-refractivity contribution in [2.75, 3.05) is 0 Å². The molecule has 0 radical (unpaired) electrons. The minimum absolute atomic E-state index is 0.0703. The van der Waals surface area contributed by atoms with Crippen molar-refractivity contribution in [2.24, 2.45) is 5.92 Å². The molecule has 1 fully saturated rings. The molecule has 19 heavy (non-hydrogen) atoms. The van der Waals surface area contributed by atoms with E-state index >= 15 is 0 Å². The van der Waals surface area contributed by atoms with E-state index in [2.05, 4.69) is 4.72 Å². The van der Waals surface area contributed by atoms with E-state index in [0.29, 0.717) is 12.8 Å². The van der Waals surface area contributed by atoms with Crippen molar-refractivity contribution in [1.82, 2.24) is 4.72 Å². The van der Waals surface area contributed by atoms with E-state index in [1.165, 1.54) is 0 Å². The second-order valence-electron chi connectivity index (χ2n) is 4.91. The minimum atomic E-state index is -3.49. The smallest absolute Gasteiger partial charge is 0.303 e. The molecule has 2 N–H and O–H groups in total. The standard InChI is InChI=1S/C13H17NO4S/c15-13(16)9-10-6-7-11(8-10)14-19(17,18)12-4-2-1-3-5-12/h1-5,10-11,14H,6-9H2,(H,15,16)/t10-,11?/m0/s1. The highest BCUT2D eigenvalue weighted by Gasteiger charge is 2.29. The predicted molar refractivity (Wildman–Crippen MR) is 70.1 cm³/mol. The monoisotopic (exact) mass is 283 g/mol. The van der Waals surface area contributed by atoms with Gasteiger partial charge < -0.3 is 5.11 Å². The molecule has 104 valence electrons. The second kappa shape index (κ2) is 5.71. The van der Waals surface area contributed by atoms with Gasteiger partial charge in [0.2, 0.25) is 10.0 Å². The summed E-state index contributed by atoms with van der Waals surface area (Å²) in [7, 11) is -3.49. The van der Waals surface area contributed by atoms with Crippen LogP contribution in [-0.4, -0.2) is 25.5 Å². The summed E-state index contributed by atoms with van der Waals surface area (Å²) >= 11 is 0. The number of nitrogens with one attached hydrogen (secondary N) is 1. The quantitative estimate of drug-likeness (QED) is 0.860. The molecule has 2 rings (SSSR count). The largest absolute Gasteiger partial charge is 0.481 e. The molecule has 0 aromatic heterocycles. The van der Waals surface area contributed by atoms with Crippen molar-refractivity contribution in [3.63, 3.8) is 0 Å². The van der Waals surface area contributed by atoms with Crippen molar-refractivity contribution >= 4 is 16.0 Å². The first kappa shape index (κ1) is 14.0. The Morgan fingerprint density at radius 3 is 2.58 bits per heavy atom. The molecule has 0 heterocycles. The van der Waals surface area contributed by atoms with Crippen LogP contribution in [0.15, 0.2) is 35.2 Å². The number of hydrogen-bond donors (Lipinski definition) is 2. The Kier molecular flexibility index (Phi) is 4.21. The van der Waals surface area contributed by atoms with Crippen LogP contribution in [0.25, 0.3) is 0 Å². The molecule has 2 atom stereocenters. The molecular weight excluding hydrogens is 266 g/mol. The summed E-state index contributed by atoms with van der Waals surface area (Å²) in [6.07, 6.45) is 2.17. The lowest BCUT2D eigenvalue weighted by Gasteiger charge is -2.13. The molecule has 5 nitrogen and oxygen atoms in total. The zero-order chi connectivity index (χ0) is 13.9. The third kappa shape index (κ3) is 3.78. The van der Waals surface area contributed by atoms with E-state index < -0.39 is 16.0 Å². The summed E-state index contributed by atoms with van der Waals surface area (Å²) < 4.78 is 26.8. The van der Waals surface area contributed by atoms with Crippen LogP contribution in [0.5, 0.6) is 0 Å². The maximum atomic E-state index is 12.1. The summed E-state index contributed by atoms with van der Waals surface area (Å²) in [5.74, 6) is -0.752. The molecule has 0 amide bonds. The molecule has 0 saturated heterocycles. The highest BCUT2D eigenvalue weighted by atomic mass is 32.2. The molecular formula is C13H17NO4S. The van der Waals surface area contributed by atoms with Crippen molar-refractivity contribution < 1.29 is 18.3 Å². The van der Waals surface area contributed by atoms with Gasteiger partial charge in [0, 0.05) is 12.5 Å². The van der Waals surface area contributed by atoms with Gasteiger partial charge in [0.15, 0.2) is 0 Å². The number of hydrogen-bond acceptors (Lipinski definition) is 3. The first-order valence-electron chi connectivity index (χ1n) is 6.26. The Hall–Kier alpha value is -1.40. The zero-order valence-corrected chi connectivity index (χ0v) is 11.3. The number of carboxylic acids is 1. The fraction of sp³-hybridized carbons (Fsp3) is 0.462. The number of carbonyl (C=O) groups is 1. The van der Waals surface area contributed by atoms with Crippen LogP contribution in [0, 0.1) is 5.92 Å². The average Bonchev–Trinajstić information content (AvgIpc) is 2.76. The lowest BCUT2D eigenvalue weighted by molar-refractivity contribution is -0.138. The lowest BCUT2D eigenvalue weighted by Crippen LogP contribution is -2.33. The summed E-state index contributed by atoms with van der Waals surface area (Å²) in [4.78, 5) is 10.9. The number of aliphatic carboxylic acids is 1. The van der Waals surface area contributed by atoms with Gasteiger partial charge in [0.05, 0.1) is 4.90 Å². The van der Waals surface area contributed by atoms with Crippen LogP contribution in [0.3, 0.4) is 0 Å². The third-order valence-corrected chi connectivity index (χ3v) is 4.92. The number of benzene rings is 1. The van der Waals surface area contributed by atoms with Crippen LogP contribution >= 0.6 is 0 Å². The molecule has 0 bridgehead atoms. The average molecular weight is 283 g/mol. The van der Waals surface area contributed by atoms with Gasteiger partial charge in [-0.25, -0.2) is 13.1 Å².